The molecule has 3 rings (SSSR count). The standard InChI is InChI=1S/C23H35N3O4/c1-16(2)22(18-6-7-19-20(14-18)30-13-5-12-29-19)24-21(27)15-25-8-10-26(11-9-25)23(28)17(3)4/h6-7,14,16-17,22H,5,8-13,15H2,1-4H3,(H,24,27). The number of piperazine rings is 1. The van der Waals surface area contributed by atoms with Crippen LogP contribution in [-0.2, 0) is 9.59 Å². The van der Waals surface area contributed by atoms with E-state index in [1.54, 1.807) is 0 Å². The van der Waals surface area contributed by atoms with Crippen molar-refractivity contribution in [2.75, 3.05) is 45.9 Å². The number of carbonyl (C=O) groups is 2. The van der Waals surface area contributed by atoms with Crippen molar-refractivity contribution < 1.29 is 19.1 Å². The lowest BCUT2D eigenvalue weighted by molar-refractivity contribution is -0.136. The Bertz CT molecular complexity index is 742. The Hall–Kier alpha value is -2.28. The van der Waals surface area contributed by atoms with Gasteiger partial charge in [-0.3, -0.25) is 14.5 Å². The summed E-state index contributed by atoms with van der Waals surface area (Å²) in [6, 6.07) is 5.83. The monoisotopic (exact) mass is 417 g/mol. The van der Waals surface area contributed by atoms with Crippen molar-refractivity contribution in [2.45, 2.75) is 40.2 Å². The fraction of sp³-hybridized carbons (Fsp3) is 0.652. The van der Waals surface area contributed by atoms with Crippen molar-refractivity contribution in [1.29, 1.82) is 0 Å². The van der Waals surface area contributed by atoms with Gasteiger partial charge in [0.05, 0.1) is 25.8 Å². The highest BCUT2D eigenvalue weighted by atomic mass is 16.5. The van der Waals surface area contributed by atoms with E-state index in [0.29, 0.717) is 32.8 Å². The number of nitrogens with zero attached hydrogens (tertiary/aromatic N) is 2. The van der Waals surface area contributed by atoms with Crippen molar-refractivity contribution in [1.82, 2.24) is 15.1 Å². The van der Waals surface area contributed by atoms with Gasteiger partial charge in [-0.15, -0.1) is 0 Å². The number of ether oxygens (including phenoxy) is 2. The van der Waals surface area contributed by atoms with Gasteiger partial charge in [0.25, 0.3) is 0 Å². The van der Waals surface area contributed by atoms with Crippen LogP contribution < -0.4 is 14.8 Å². The van der Waals surface area contributed by atoms with Crippen molar-refractivity contribution in [2.24, 2.45) is 11.8 Å². The van der Waals surface area contributed by atoms with Gasteiger partial charge in [0.2, 0.25) is 11.8 Å². The van der Waals surface area contributed by atoms with E-state index in [-0.39, 0.29) is 29.7 Å². The lowest BCUT2D eigenvalue weighted by atomic mass is 9.95. The summed E-state index contributed by atoms with van der Waals surface area (Å²) in [5.74, 6) is 1.95. The van der Waals surface area contributed by atoms with E-state index < -0.39 is 0 Å². The molecule has 1 unspecified atom stereocenters. The molecule has 2 amide bonds. The summed E-state index contributed by atoms with van der Waals surface area (Å²) < 4.78 is 11.5. The second-order valence-electron chi connectivity index (χ2n) is 8.80. The second kappa shape index (κ2) is 10.2. The molecule has 1 fully saturated rings. The zero-order valence-corrected chi connectivity index (χ0v) is 18.6. The Balaban J connectivity index is 1.58. The lowest BCUT2D eigenvalue weighted by Crippen LogP contribution is -2.52. The molecule has 2 aliphatic heterocycles. The summed E-state index contributed by atoms with van der Waals surface area (Å²) in [6.45, 7) is 12.5. The zero-order valence-electron chi connectivity index (χ0n) is 18.6. The van der Waals surface area contributed by atoms with Crippen LogP contribution in [0.4, 0.5) is 0 Å². The van der Waals surface area contributed by atoms with Crippen LogP contribution in [-0.4, -0.2) is 67.6 Å². The third kappa shape index (κ3) is 5.65. The van der Waals surface area contributed by atoms with Crippen LogP contribution in [0.15, 0.2) is 18.2 Å². The van der Waals surface area contributed by atoms with Gasteiger partial charge in [-0.1, -0.05) is 33.8 Å². The Morgan fingerprint density at radius 3 is 2.30 bits per heavy atom. The molecule has 0 bridgehead atoms. The minimum atomic E-state index is -0.0986. The van der Waals surface area contributed by atoms with Crippen molar-refractivity contribution in [3.8, 4) is 11.5 Å². The number of nitrogens with one attached hydrogen (secondary N) is 1. The van der Waals surface area contributed by atoms with Crippen molar-refractivity contribution >= 4 is 11.8 Å². The molecule has 0 saturated carbocycles. The number of fused-ring (bicyclic) bond motifs is 1. The third-order valence-corrected chi connectivity index (χ3v) is 5.66. The maximum absolute atomic E-state index is 12.8. The first-order chi connectivity index (χ1) is 14.3. The fourth-order valence-electron chi connectivity index (χ4n) is 3.92. The first kappa shape index (κ1) is 22.4. The second-order valence-corrected chi connectivity index (χ2v) is 8.80. The molecule has 0 aromatic heterocycles. The van der Waals surface area contributed by atoms with Crippen LogP contribution >= 0.6 is 0 Å². The van der Waals surface area contributed by atoms with Crippen LogP contribution in [0.25, 0.3) is 0 Å². The lowest BCUT2D eigenvalue weighted by Gasteiger charge is -2.35. The molecule has 7 heteroatoms. The predicted molar refractivity (Wildman–Crippen MR) is 116 cm³/mol. The number of benzene rings is 1. The zero-order chi connectivity index (χ0) is 21.7. The van der Waals surface area contributed by atoms with Crippen LogP contribution in [0.2, 0.25) is 0 Å². The summed E-state index contributed by atoms with van der Waals surface area (Å²) in [7, 11) is 0. The van der Waals surface area contributed by atoms with E-state index in [2.05, 4.69) is 24.1 Å². The first-order valence-electron chi connectivity index (χ1n) is 11.0. The largest absolute Gasteiger partial charge is 0.490 e. The smallest absolute Gasteiger partial charge is 0.234 e. The fourth-order valence-corrected chi connectivity index (χ4v) is 3.92. The van der Waals surface area contributed by atoms with E-state index in [9.17, 15) is 9.59 Å². The number of amides is 2. The SMILES string of the molecule is CC(C)C(=O)N1CCN(CC(=O)NC(c2ccc3c(c2)OCCCO3)C(C)C)CC1. The van der Waals surface area contributed by atoms with Crippen LogP contribution in [0.1, 0.15) is 45.7 Å². The molecule has 1 N–H and O–H groups in total. The average Bonchev–Trinajstić information content (AvgIpc) is 2.96. The van der Waals surface area contributed by atoms with Gasteiger partial charge < -0.3 is 19.7 Å². The average molecular weight is 418 g/mol. The Morgan fingerprint density at radius 2 is 1.67 bits per heavy atom. The van der Waals surface area contributed by atoms with Crippen molar-refractivity contribution in [3.05, 3.63) is 23.8 Å². The van der Waals surface area contributed by atoms with Crippen LogP contribution in [0, 0.1) is 11.8 Å². The summed E-state index contributed by atoms with van der Waals surface area (Å²) in [4.78, 5) is 28.9. The Morgan fingerprint density at radius 1 is 1.00 bits per heavy atom. The normalized spacial score (nSPS) is 18.3. The molecular weight excluding hydrogens is 382 g/mol. The molecule has 2 aliphatic rings. The van der Waals surface area contributed by atoms with Gasteiger partial charge in [-0.2, -0.15) is 0 Å². The molecule has 166 valence electrons. The quantitative estimate of drug-likeness (QED) is 0.770. The Labute approximate surface area is 179 Å². The van der Waals surface area contributed by atoms with Gasteiger partial charge in [-0.25, -0.2) is 0 Å². The third-order valence-electron chi connectivity index (χ3n) is 5.66. The minimum Gasteiger partial charge on any atom is -0.490 e. The molecule has 2 heterocycles. The number of hydrogen-bond acceptors (Lipinski definition) is 5. The van der Waals surface area contributed by atoms with Crippen LogP contribution in [0.5, 0.6) is 11.5 Å². The number of carbonyl (C=O) groups excluding carboxylic acids is 2. The van der Waals surface area contributed by atoms with E-state index in [1.165, 1.54) is 0 Å². The van der Waals surface area contributed by atoms with Gasteiger partial charge in [0.15, 0.2) is 11.5 Å². The molecule has 7 nitrogen and oxygen atoms in total. The molecule has 1 saturated heterocycles. The van der Waals surface area contributed by atoms with E-state index in [4.69, 9.17) is 9.47 Å². The number of hydrogen-bond donors (Lipinski definition) is 1. The van der Waals surface area contributed by atoms with Gasteiger partial charge >= 0.3 is 0 Å². The highest BCUT2D eigenvalue weighted by Gasteiger charge is 2.26. The molecule has 1 aromatic rings. The highest BCUT2D eigenvalue weighted by molar-refractivity contribution is 5.79. The predicted octanol–water partition coefficient (Wildman–Crippen LogP) is 2.46. The highest BCUT2D eigenvalue weighted by Crippen LogP contribution is 2.34. The van der Waals surface area contributed by atoms with E-state index in [1.807, 2.05) is 36.9 Å². The molecule has 0 radical (unpaired) electrons. The minimum absolute atomic E-state index is 0.00412. The van der Waals surface area contributed by atoms with E-state index in [0.717, 1.165) is 36.6 Å². The summed E-state index contributed by atoms with van der Waals surface area (Å²) in [5.41, 5.74) is 1.02. The topological polar surface area (TPSA) is 71.1 Å². The molecule has 30 heavy (non-hydrogen) atoms. The molecule has 0 spiro atoms. The molecule has 1 aromatic carbocycles. The van der Waals surface area contributed by atoms with Gasteiger partial charge in [-0.05, 0) is 23.6 Å². The summed E-state index contributed by atoms with van der Waals surface area (Å²) >= 11 is 0. The Kier molecular flexibility index (Phi) is 7.58. The summed E-state index contributed by atoms with van der Waals surface area (Å²) in [6.07, 6.45) is 0.865. The maximum Gasteiger partial charge on any atom is 0.234 e. The maximum atomic E-state index is 12.8. The molecular formula is C23H35N3O4. The number of rotatable bonds is 6. The van der Waals surface area contributed by atoms with Crippen LogP contribution in [0.3, 0.4) is 0 Å². The van der Waals surface area contributed by atoms with Gasteiger partial charge in [0.1, 0.15) is 0 Å². The van der Waals surface area contributed by atoms with Gasteiger partial charge in [0, 0.05) is 38.5 Å². The van der Waals surface area contributed by atoms with Crippen molar-refractivity contribution in [3.63, 3.8) is 0 Å². The summed E-state index contributed by atoms with van der Waals surface area (Å²) in [5, 5.41) is 3.20. The molecule has 0 aliphatic carbocycles. The van der Waals surface area contributed by atoms with E-state index >= 15 is 0 Å². The molecule has 1 atom stereocenters. The first-order valence-corrected chi connectivity index (χ1v) is 11.0.